The lowest BCUT2D eigenvalue weighted by Crippen LogP contribution is -2.22. The number of fused-ring (bicyclic) bond motifs is 1. The second kappa shape index (κ2) is 10.2. The van der Waals surface area contributed by atoms with Gasteiger partial charge in [-0.3, -0.25) is 4.79 Å². The van der Waals surface area contributed by atoms with Crippen molar-refractivity contribution < 1.29 is 9.53 Å². The Labute approximate surface area is 219 Å². The standard InChI is InChI=1S/C25H27Cl2N7O2/c1-15(2)25-17(13-28-24-12-23(27)31-33(24)25)9-18(35)8-16-10-20(26)21(34-29-5-6-30-34)11-22(16)36-19-4-7-32(3)14-19/h5-6,10-13,15,19H,4,7-9,14H2,1-3H3. The summed E-state index contributed by atoms with van der Waals surface area (Å²) in [5.41, 5.74) is 3.74. The van der Waals surface area contributed by atoms with Gasteiger partial charge in [-0.05, 0) is 31.0 Å². The van der Waals surface area contributed by atoms with Crippen molar-refractivity contribution in [3.63, 3.8) is 0 Å². The normalized spacial score (nSPS) is 16.3. The zero-order chi connectivity index (χ0) is 25.4. The summed E-state index contributed by atoms with van der Waals surface area (Å²) in [6, 6.07) is 5.31. The summed E-state index contributed by atoms with van der Waals surface area (Å²) < 4.78 is 8.11. The fourth-order valence-electron chi connectivity index (χ4n) is 4.69. The average Bonchev–Trinajstić information content (AvgIpc) is 3.56. The molecular weight excluding hydrogens is 501 g/mol. The zero-order valence-corrected chi connectivity index (χ0v) is 21.9. The van der Waals surface area contributed by atoms with Crippen molar-refractivity contribution in [3.8, 4) is 11.4 Å². The number of likely N-dealkylation sites (N-methyl/N-ethyl adjacent to an activating group) is 1. The van der Waals surface area contributed by atoms with E-state index in [1.54, 1.807) is 35.2 Å². The van der Waals surface area contributed by atoms with Crippen molar-refractivity contribution in [1.29, 1.82) is 0 Å². The van der Waals surface area contributed by atoms with E-state index in [9.17, 15) is 4.79 Å². The first-order valence-electron chi connectivity index (χ1n) is 11.9. The number of carbonyl (C=O) groups excluding carboxylic acids is 1. The maximum Gasteiger partial charge on any atom is 0.156 e. The Kier molecular flexibility index (Phi) is 6.96. The number of likely N-dealkylation sites (tertiary alicyclic amines) is 1. The molecule has 11 heteroatoms. The molecule has 0 saturated carbocycles. The van der Waals surface area contributed by atoms with Crippen LogP contribution in [-0.4, -0.2) is 66.5 Å². The number of halogens is 2. The van der Waals surface area contributed by atoms with Gasteiger partial charge in [0.1, 0.15) is 23.3 Å². The first kappa shape index (κ1) is 24.7. The van der Waals surface area contributed by atoms with E-state index in [1.165, 1.54) is 4.80 Å². The lowest BCUT2D eigenvalue weighted by molar-refractivity contribution is -0.117. The maximum absolute atomic E-state index is 13.3. The molecule has 0 N–H and O–H groups in total. The van der Waals surface area contributed by atoms with Gasteiger partial charge in [0.05, 0.1) is 23.1 Å². The number of benzene rings is 1. The number of hydrogen-bond donors (Lipinski definition) is 0. The molecule has 1 atom stereocenters. The number of nitrogens with zero attached hydrogens (tertiary/aromatic N) is 7. The molecule has 4 heterocycles. The molecule has 0 aliphatic carbocycles. The van der Waals surface area contributed by atoms with E-state index in [0.29, 0.717) is 27.3 Å². The maximum atomic E-state index is 13.3. The van der Waals surface area contributed by atoms with Crippen molar-refractivity contribution in [1.82, 2.24) is 34.5 Å². The molecule has 1 aliphatic rings. The predicted octanol–water partition coefficient (Wildman–Crippen LogP) is 4.18. The molecule has 5 rings (SSSR count). The summed E-state index contributed by atoms with van der Waals surface area (Å²) in [5, 5.41) is 13.6. The van der Waals surface area contributed by atoms with Crippen molar-refractivity contribution >= 4 is 34.6 Å². The highest BCUT2D eigenvalue weighted by Gasteiger charge is 2.24. The molecule has 1 saturated heterocycles. The fraction of sp³-hybridized carbons (Fsp3) is 0.400. The minimum atomic E-state index is 0.0192. The highest BCUT2D eigenvalue weighted by Crippen LogP contribution is 2.32. The Morgan fingerprint density at radius 1 is 1.14 bits per heavy atom. The van der Waals surface area contributed by atoms with E-state index in [0.717, 1.165) is 36.3 Å². The summed E-state index contributed by atoms with van der Waals surface area (Å²) in [6.45, 7) is 5.90. The number of ketones is 1. The molecule has 188 valence electrons. The molecule has 36 heavy (non-hydrogen) atoms. The van der Waals surface area contributed by atoms with Crippen LogP contribution in [0.1, 0.15) is 43.0 Å². The first-order chi connectivity index (χ1) is 17.3. The number of rotatable bonds is 8. The van der Waals surface area contributed by atoms with Gasteiger partial charge in [0, 0.05) is 49.8 Å². The number of Topliss-reactive ketones (excluding diaryl/α,β-unsaturated/α-hetero) is 1. The largest absolute Gasteiger partial charge is 0.489 e. The molecule has 0 bridgehead atoms. The van der Waals surface area contributed by atoms with Crippen LogP contribution < -0.4 is 4.74 Å². The van der Waals surface area contributed by atoms with Gasteiger partial charge in [0.25, 0.3) is 0 Å². The molecule has 1 aromatic carbocycles. The molecule has 1 unspecified atom stereocenters. The summed E-state index contributed by atoms with van der Waals surface area (Å²) in [7, 11) is 2.07. The van der Waals surface area contributed by atoms with Crippen LogP contribution in [-0.2, 0) is 17.6 Å². The minimum Gasteiger partial charge on any atom is -0.489 e. The van der Waals surface area contributed by atoms with Crippen molar-refractivity contribution in [3.05, 3.63) is 63.8 Å². The molecule has 0 spiro atoms. The van der Waals surface area contributed by atoms with Crippen LogP contribution >= 0.6 is 23.2 Å². The van der Waals surface area contributed by atoms with Gasteiger partial charge >= 0.3 is 0 Å². The van der Waals surface area contributed by atoms with Crippen LogP contribution in [0.2, 0.25) is 10.2 Å². The van der Waals surface area contributed by atoms with Crippen LogP contribution in [0.15, 0.2) is 36.8 Å². The zero-order valence-electron chi connectivity index (χ0n) is 20.4. The summed E-state index contributed by atoms with van der Waals surface area (Å²) in [5.74, 6) is 0.769. The van der Waals surface area contributed by atoms with Crippen molar-refractivity contribution in [2.45, 2.75) is 45.1 Å². The van der Waals surface area contributed by atoms with E-state index in [2.05, 4.69) is 46.1 Å². The number of ether oxygens (including phenoxy) is 1. The minimum absolute atomic E-state index is 0.0192. The molecule has 0 amide bonds. The number of carbonyl (C=O) groups is 1. The van der Waals surface area contributed by atoms with Crippen LogP contribution in [0.3, 0.4) is 0 Å². The predicted molar refractivity (Wildman–Crippen MR) is 137 cm³/mol. The summed E-state index contributed by atoms with van der Waals surface area (Å²) in [4.78, 5) is 21.5. The van der Waals surface area contributed by atoms with Crippen LogP contribution in [0.5, 0.6) is 5.75 Å². The van der Waals surface area contributed by atoms with Gasteiger partial charge in [-0.1, -0.05) is 37.0 Å². The van der Waals surface area contributed by atoms with Gasteiger partial charge in [-0.2, -0.15) is 15.3 Å². The topological polar surface area (TPSA) is 90.4 Å². The molecule has 0 radical (unpaired) electrons. The van der Waals surface area contributed by atoms with E-state index >= 15 is 0 Å². The second-order valence-electron chi connectivity index (χ2n) is 9.47. The molecule has 1 aliphatic heterocycles. The van der Waals surface area contributed by atoms with Gasteiger partial charge < -0.3 is 9.64 Å². The second-order valence-corrected chi connectivity index (χ2v) is 10.3. The van der Waals surface area contributed by atoms with Crippen LogP contribution in [0, 0.1) is 0 Å². The Hall–Kier alpha value is -3.01. The smallest absolute Gasteiger partial charge is 0.156 e. The van der Waals surface area contributed by atoms with Gasteiger partial charge in [-0.25, -0.2) is 9.50 Å². The Morgan fingerprint density at radius 2 is 1.89 bits per heavy atom. The number of hydrogen-bond acceptors (Lipinski definition) is 7. The quantitative estimate of drug-likeness (QED) is 0.339. The van der Waals surface area contributed by atoms with Gasteiger partial charge in [0.15, 0.2) is 10.8 Å². The summed E-state index contributed by atoms with van der Waals surface area (Å²) >= 11 is 12.7. The molecule has 3 aromatic heterocycles. The fourth-order valence-corrected chi connectivity index (χ4v) is 5.13. The molecule has 1 fully saturated rings. The lowest BCUT2D eigenvalue weighted by atomic mass is 9.98. The van der Waals surface area contributed by atoms with Gasteiger partial charge in [0.2, 0.25) is 0 Å². The Balaban J connectivity index is 1.44. The monoisotopic (exact) mass is 527 g/mol. The molecule has 4 aromatic rings. The van der Waals surface area contributed by atoms with Crippen LogP contribution in [0.4, 0.5) is 0 Å². The lowest BCUT2D eigenvalue weighted by Gasteiger charge is -2.19. The third-order valence-corrected chi connectivity index (χ3v) is 6.79. The van der Waals surface area contributed by atoms with Crippen LogP contribution in [0.25, 0.3) is 11.3 Å². The van der Waals surface area contributed by atoms with E-state index in [-0.39, 0.29) is 30.6 Å². The average molecular weight is 528 g/mol. The highest BCUT2D eigenvalue weighted by atomic mass is 35.5. The third kappa shape index (κ3) is 5.09. The van der Waals surface area contributed by atoms with Crippen molar-refractivity contribution in [2.75, 3.05) is 20.1 Å². The van der Waals surface area contributed by atoms with Gasteiger partial charge in [-0.15, -0.1) is 4.80 Å². The van der Waals surface area contributed by atoms with E-state index in [1.807, 2.05) is 6.07 Å². The molecular formula is C25H27Cl2N7O2. The third-order valence-electron chi connectivity index (χ3n) is 6.30. The Morgan fingerprint density at radius 3 is 2.58 bits per heavy atom. The van der Waals surface area contributed by atoms with E-state index < -0.39 is 0 Å². The van der Waals surface area contributed by atoms with E-state index in [4.69, 9.17) is 27.9 Å². The van der Waals surface area contributed by atoms with Crippen molar-refractivity contribution in [2.24, 2.45) is 0 Å². The molecule has 9 nitrogen and oxygen atoms in total. The highest BCUT2D eigenvalue weighted by molar-refractivity contribution is 6.32. The summed E-state index contributed by atoms with van der Waals surface area (Å²) in [6.07, 6.45) is 6.24. The SMILES string of the molecule is CC(C)c1c(CC(=O)Cc2cc(Cl)c(-n3nccn3)cc2OC2CCN(C)C2)cnc2cc(Cl)nn12. The number of aromatic nitrogens is 6. The Bertz CT molecular complexity index is 1400. The first-order valence-corrected chi connectivity index (χ1v) is 12.6.